The van der Waals surface area contributed by atoms with Gasteiger partial charge in [0.05, 0.1) is 23.8 Å². The summed E-state index contributed by atoms with van der Waals surface area (Å²) in [4.78, 5) is 9.25. The van der Waals surface area contributed by atoms with E-state index in [9.17, 15) is 0 Å². The molecule has 0 spiro atoms. The standard InChI is InChI=1S/C22H22N6/c1-22(2)10-6-9-15-20(27-28-21(15)22)19-13-23-12-18(24-19)17-11-16(25-26-17)14-7-4-3-5-8-14/h3-5,7-8,11-13H,6,9-10H2,1-2H3,(H,25,26)(H,27,28). The van der Waals surface area contributed by atoms with Crippen molar-refractivity contribution in [3.63, 3.8) is 0 Å². The molecule has 0 atom stereocenters. The Bertz CT molecular complexity index is 1120. The fourth-order valence-corrected chi connectivity index (χ4v) is 4.03. The van der Waals surface area contributed by atoms with E-state index in [-0.39, 0.29) is 5.41 Å². The van der Waals surface area contributed by atoms with Gasteiger partial charge in [-0.2, -0.15) is 10.2 Å². The highest BCUT2D eigenvalue weighted by Gasteiger charge is 2.32. The predicted molar refractivity (Wildman–Crippen MR) is 109 cm³/mol. The molecule has 3 heterocycles. The van der Waals surface area contributed by atoms with Crippen LogP contribution in [0.4, 0.5) is 0 Å². The Morgan fingerprint density at radius 1 is 0.929 bits per heavy atom. The van der Waals surface area contributed by atoms with Gasteiger partial charge >= 0.3 is 0 Å². The van der Waals surface area contributed by atoms with Crippen molar-refractivity contribution < 1.29 is 0 Å². The lowest BCUT2D eigenvalue weighted by Crippen LogP contribution is -2.23. The molecule has 4 aromatic rings. The lowest BCUT2D eigenvalue weighted by molar-refractivity contribution is 0.420. The molecule has 3 aromatic heterocycles. The summed E-state index contributed by atoms with van der Waals surface area (Å²) in [6.45, 7) is 4.54. The molecule has 0 fully saturated rings. The van der Waals surface area contributed by atoms with E-state index >= 15 is 0 Å². The van der Waals surface area contributed by atoms with E-state index in [0.29, 0.717) is 0 Å². The first-order valence-electron chi connectivity index (χ1n) is 9.63. The molecule has 1 aromatic carbocycles. The van der Waals surface area contributed by atoms with Crippen molar-refractivity contribution in [2.24, 2.45) is 0 Å². The minimum absolute atomic E-state index is 0.123. The van der Waals surface area contributed by atoms with Gasteiger partial charge in [0.1, 0.15) is 17.1 Å². The average Bonchev–Trinajstić information content (AvgIpc) is 3.37. The number of hydrogen-bond acceptors (Lipinski definition) is 4. The molecule has 5 rings (SSSR count). The molecule has 0 saturated heterocycles. The Morgan fingerprint density at radius 2 is 1.75 bits per heavy atom. The van der Waals surface area contributed by atoms with Gasteiger partial charge in [-0.3, -0.25) is 15.2 Å². The second-order valence-corrected chi connectivity index (χ2v) is 7.99. The van der Waals surface area contributed by atoms with Gasteiger partial charge in [0.15, 0.2) is 0 Å². The van der Waals surface area contributed by atoms with Crippen LogP contribution < -0.4 is 0 Å². The van der Waals surface area contributed by atoms with Crippen molar-refractivity contribution in [3.05, 3.63) is 60.0 Å². The number of nitrogens with one attached hydrogen (secondary N) is 2. The number of benzene rings is 1. The van der Waals surface area contributed by atoms with E-state index < -0.39 is 0 Å². The number of aromatic nitrogens is 6. The predicted octanol–water partition coefficient (Wildman–Crippen LogP) is 4.54. The maximum Gasteiger partial charge on any atom is 0.116 e. The van der Waals surface area contributed by atoms with Gasteiger partial charge in [-0.05, 0) is 25.3 Å². The summed E-state index contributed by atoms with van der Waals surface area (Å²) < 4.78 is 0. The smallest absolute Gasteiger partial charge is 0.116 e. The molecule has 6 heteroatoms. The largest absolute Gasteiger partial charge is 0.281 e. The van der Waals surface area contributed by atoms with Crippen LogP contribution >= 0.6 is 0 Å². The molecule has 0 bridgehead atoms. The first-order chi connectivity index (χ1) is 13.6. The molecule has 0 radical (unpaired) electrons. The molecule has 140 valence electrons. The van der Waals surface area contributed by atoms with E-state index in [1.54, 1.807) is 12.4 Å². The number of aromatic amines is 2. The van der Waals surface area contributed by atoms with E-state index in [0.717, 1.165) is 40.5 Å². The number of nitrogens with zero attached hydrogens (tertiary/aromatic N) is 4. The highest BCUT2D eigenvalue weighted by Crippen LogP contribution is 2.39. The molecular weight excluding hydrogens is 348 g/mol. The summed E-state index contributed by atoms with van der Waals surface area (Å²) in [5.41, 5.74) is 7.91. The van der Waals surface area contributed by atoms with Gasteiger partial charge in [-0.15, -0.1) is 0 Å². The normalized spacial score (nSPS) is 15.4. The SMILES string of the molecule is CC1(C)CCCc2c(-c3cncc(-c4cc(-c5ccccc5)n[nH]4)n3)n[nH]c21. The first kappa shape index (κ1) is 16.9. The molecule has 28 heavy (non-hydrogen) atoms. The minimum atomic E-state index is 0.123. The molecule has 6 nitrogen and oxygen atoms in total. The van der Waals surface area contributed by atoms with Crippen molar-refractivity contribution in [1.82, 2.24) is 30.4 Å². The van der Waals surface area contributed by atoms with Crippen LogP contribution in [-0.2, 0) is 11.8 Å². The maximum absolute atomic E-state index is 4.83. The molecule has 0 saturated carbocycles. The summed E-state index contributed by atoms with van der Waals surface area (Å²) in [7, 11) is 0. The van der Waals surface area contributed by atoms with Gasteiger partial charge < -0.3 is 0 Å². The number of fused-ring (bicyclic) bond motifs is 1. The minimum Gasteiger partial charge on any atom is -0.281 e. The van der Waals surface area contributed by atoms with Gasteiger partial charge in [0.25, 0.3) is 0 Å². The lowest BCUT2D eigenvalue weighted by Gasteiger charge is -2.29. The molecule has 1 aliphatic rings. The number of H-pyrrole nitrogens is 2. The monoisotopic (exact) mass is 370 g/mol. The Kier molecular flexibility index (Phi) is 3.86. The second kappa shape index (κ2) is 6.41. The topological polar surface area (TPSA) is 83.1 Å². The van der Waals surface area contributed by atoms with Crippen molar-refractivity contribution in [2.75, 3.05) is 0 Å². The second-order valence-electron chi connectivity index (χ2n) is 7.99. The lowest BCUT2D eigenvalue weighted by atomic mass is 9.76. The Labute approximate surface area is 163 Å². The Balaban J connectivity index is 1.52. The van der Waals surface area contributed by atoms with E-state index in [1.165, 1.54) is 24.1 Å². The summed E-state index contributed by atoms with van der Waals surface area (Å²) in [6.07, 6.45) is 6.91. The zero-order chi connectivity index (χ0) is 19.1. The van der Waals surface area contributed by atoms with Crippen molar-refractivity contribution in [2.45, 2.75) is 38.5 Å². The highest BCUT2D eigenvalue weighted by molar-refractivity contribution is 5.68. The van der Waals surface area contributed by atoms with Crippen LogP contribution in [0.3, 0.4) is 0 Å². The first-order valence-corrected chi connectivity index (χ1v) is 9.63. The molecule has 2 N–H and O–H groups in total. The van der Waals surface area contributed by atoms with Crippen LogP contribution in [0.25, 0.3) is 34.0 Å². The molecule has 0 aliphatic heterocycles. The van der Waals surface area contributed by atoms with Gasteiger partial charge in [0, 0.05) is 22.2 Å². The summed E-state index contributed by atoms with van der Waals surface area (Å²) in [6, 6.07) is 12.1. The van der Waals surface area contributed by atoms with E-state index in [1.807, 2.05) is 36.4 Å². The quantitative estimate of drug-likeness (QED) is 0.555. The van der Waals surface area contributed by atoms with Crippen molar-refractivity contribution in [3.8, 4) is 34.0 Å². The summed E-state index contributed by atoms with van der Waals surface area (Å²) >= 11 is 0. The fraction of sp³-hybridized carbons (Fsp3) is 0.273. The van der Waals surface area contributed by atoms with Gasteiger partial charge in [-0.1, -0.05) is 44.2 Å². The van der Waals surface area contributed by atoms with Crippen LogP contribution in [0.5, 0.6) is 0 Å². The zero-order valence-corrected chi connectivity index (χ0v) is 16.0. The average molecular weight is 370 g/mol. The molecule has 0 unspecified atom stereocenters. The summed E-state index contributed by atoms with van der Waals surface area (Å²) in [5.74, 6) is 0. The number of hydrogen-bond donors (Lipinski definition) is 2. The van der Waals surface area contributed by atoms with Crippen molar-refractivity contribution >= 4 is 0 Å². The van der Waals surface area contributed by atoms with Gasteiger partial charge in [-0.25, -0.2) is 4.98 Å². The third-order valence-corrected chi connectivity index (χ3v) is 5.57. The molecule has 1 aliphatic carbocycles. The summed E-state index contributed by atoms with van der Waals surface area (Å²) in [5, 5.41) is 15.4. The molecule has 0 amide bonds. The Hall–Kier alpha value is -3.28. The maximum atomic E-state index is 4.83. The van der Waals surface area contributed by atoms with E-state index in [2.05, 4.69) is 39.2 Å². The van der Waals surface area contributed by atoms with E-state index in [4.69, 9.17) is 4.98 Å². The van der Waals surface area contributed by atoms with Crippen LogP contribution in [-0.4, -0.2) is 30.4 Å². The van der Waals surface area contributed by atoms with Crippen molar-refractivity contribution in [1.29, 1.82) is 0 Å². The van der Waals surface area contributed by atoms with Crippen LogP contribution in [0.15, 0.2) is 48.8 Å². The number of rotatable bonds is 3. The third-order valence-electron chi connectivity index (χ3n) is 5.57. The third kappa shape index (κ3) is 2.81. The van der Waals surface area contributed by atoms with Gasteiger partial charge in [0.2, 0.25) is 0 Å². The zero-order valence-electron chi connectivity index (χ0n) is 16.0. The highest BCUT2D eigenvalue weighted by atomic mass is 15.1. The molecular formula is C22H22N6. The van der Waals surface area contributed by atoms with Crippen LogP contribution in [0.2, 0.25) is 0 Å². The Morgan fingerprint density at radius 3 is 2.61 bits per heavy atom. The van der Waals surface area contributed by atoms with Crippen LogP contribution in [0.1, 0.15) is 37.9 Å². The fourth-order valence-electron chi connectivity index (χ4n) is 4.03. The van der Waals surface area contributed by atoms with Crippen LogP contribution in [0, 0.1) is 0 Å².